The van der Waals surface area contributed by atoms with Gasteiger partial charge in [-0.15, -0.1) is 0 Å². The maximum Gasteiger partial charge on any atom is 0.303 e. The van der Waals surface area contributed by atoms with Gasteiger partial charge in [0.1, 0.15) is 0 Å². The fourth-order valence-corrected chi connectivity index (χ4v) is 2.11. The first-order valence-corrected chi connectivity index (χ1v) is 7.29. The Morgan fingerprint density at radius 2 is 1.65 bits per heavy atom. The Morgan fingerprint density at radius 1 is 1.04 bits per heavy atom. The Bertz CT molecular complexity index is 518. The number of rotatable bonds is 10. The Kier molecular flexibility index (Phi) is 7.73. The van der Waals surface area contributed by atoms with Crippen molar-refractivity contribution in [3.05, 3.63) is 17.7 Å². The molecule has 23 heavy (non-hydrogen) atoms. The van der Waals surface area contributed by atoms with E-state index in [1.807, 2.05) is 0 Å². The summed E-state index contributed by atoms with van der Waals surface area (Å²) in [5.41, 5.74) is 0.738. The minimum atomic E-state index is -0.825. The first kappa shape index (κ1) is 18.6. The van der Waals surface area contributed by atoms with E-state index >= 15 is 0 Å². The van der Waals surface area contributed by atoms with Crippen LogP contribution >= 0.6 is 0 Å². The fraction of sp³-hybridized carbons (Fsp3) is 0.500. The molecule has 0 radical (unpaired) electrons. The van der Waals surface area contributed by atoms with Gasteiger partial charge in [0.2, 0.25) is 11.7 Å². The highest BCUT2D eigenvalue weighted by Gasteiger charge is 2.14. The number of hydrogen-bond acceptors (Lipinski definition) is 5. The summed E-state index contributed by atoms with van der Waals surface area (Å²) in [4.78, 5) is 22.3. The Morgan fingerprint density at radius 3 is 2.13 bits per heavy atom. The number of methoxy groups -OCH3 is 3. The number of amides is 1. The number of carboxylic acid groups (broad SMARTS) is 1. The molecule has 0 saturated heterocycles. The second-order valence-electron chi connectivity index (χ2n) is 4.91. The minimum absolute atomic E-state index is 0.114. The molecule has 7 nitrogen and oxygen atoms in total. The summed E-state index contributed by atoms with van der Waals surface area (Å²) in [5, 5.41) is 11.3. The average Bonchev–Trinajstić information content (AvgIpc) is 2.53. The van der Waals surface area contributed by atoms with Crippen LogP contribution in [0.5, 0.6) is 17.2 Å². The van der Waals surface area contributed by atoms with Crippen LogP contribution in [0.15, 0.2) is 12.1 Å². The average molecular weight is 325 g/mol. The Balaban J connectivity index is 2.59. The van der Waals surface area contributed by atoms with Crippen molar-refractivity contribution in [1.29, 1.82) is 0 Å². The van der Waals surface area contributed by atoms with Crippen LogP contribution < -0.4 is 19.5 Å². The number of unbranched alkanes of at least 4 members (excludes halogenated alkanes) is 1. The lowest BCUT2D eigenvalue weighted by Gasteiger charge is -2.14. The zero-order valence-corrected chi connectivity index (χ0v) is 13.7. The van der Waals surface area contributed by atoms with Gasteiger partial charge in [-0.05, 0) is 30.5 Å². The number of carbonyl (C=O) groups excluding carboxylic acids is 1. The van der Waals surface area contributed by atoms with Gasteiger partial charge in [-0.3, -0.25) is 9.59 Å². The summed E-state index contributed by atoms with van der Waals surface area (Å²) in [7, 11) is 4.55. The van der Waals surface area contributed by atoms with E-state index in [9.17, 15) is 9.59 Å². The number of carboxylic acids is 1. The third-order valence-electron chi connectivity index (χ3n) is 3.23. The molecular weight excluding hydrogens is 302 g/mol. The highest BCUT2D eigenvalue weighted by atomic mass is 16.5. The molecular formula is C16H23NO6. The molecule has 0 saturated carbocycles. The Labute approximate surface area is 135 Å². The van der Waals surface area contributed by atoms with Gasteiger partial charge in [-0.25, -0.2) is 0 Å². The normalized spacial score (nSPS) is 10.0. The van der Waals surface area contributed by atoms with Crippen molar-refractivity contribution in [2.24, 2.45) is 0 Å². The smallest absolute Gasteiger partial charge is 0.303 e. The summed E-state index contributed by atoms with van der Waals surface area (Å²) in [5.74, 6) is 0.503. The number of hydrogen-bond donors (Lipinski definition) is 2. The number of carbonyl (C=O) groups is 2. The summed E-state index contributed by atoms with van der Waals surface area (Å²) in [6.07, 6.45) is 1.46. The molecule has 0 aliphatic rings. The number of benzene rings is 1. The first-order valence-electron chi connectivity index (χ1n) is 7.29. The quantitative estimate of drug-likeness (QED) is 0.635. The largest absolute Gasteiger partial charge is 0.493 e. The van der Waals surface area contributed by atoms with E-state index in [1.165, 1.54) is 21.3 Å². The van der Waals surface area contributed by atoms with Crippen LogP contribution in [0.25, 0.3) is 0 Å². The number of aliphatic carboxylic acids is 1. The van der Waals surface area contributed by atoms with Crippen LogP contribution in [-0.2, 0) is 16.0 Å². The van der Waals surface area contributed by atoms with Crippen molar-refractivity contribution < 1.29 is 28.9 Å². The van der Waals surface area contributed by atoms with Crippen LogP contribution in [0, 0.1) is 0 Å². The Hall–Kier alpha value is -2.44. The molecule has 2 N–H and O–H groups in total. The van der Waals surface area contributed by atoms with E-state index in [0.717, 1.165) is 5.56 Å². The molecule has 0 aromatic heterocycles. The van der Waals surface area contributed by atoms with Crippen LogP contribution in [0.1, 0.15) is 24.8 Å². The molecule has 0 atom stereocenters. The van der Waals surface area contributed by atoms with Gasteiger partial charge < -0.3 is 24.6 Å². The number of nitrogens with one attached hydrogen (secondary N) is 1. The molecule has 128 valence electrons. The molecule has 0 fully saturated rings. The van der Waals surface area contributed by atoms with E-state index in [1.54, 1.807) is 12.1 Å². The van der Waals surface area contributed by atoms with Crippen molar-refractivity contribution in [2.75, 3.05) is 27.9 Å². The zero-order chi connectivity index (χ0) is 17.2. The highest BCUT2D eigenvalue weighted by molar-refractivity contribution is 5.79. The number of ether oxygens (including phenoxy) is 3. The highest BCUT2D eigenvalue weighted by Crippen LogP contribution is 2.38. The third-order valence-corrected chi connectivity index (χ3v) is 3.23. The fourth-order valence-electron chi connectivity index (χ4n) is 2.11. The van der Waals surface area contributed by atoms with Crippen molar-refractivity contribution in [1.82, 2.24) is 5.32 Å². The van der Waals surface area contributed by atoms with Crippen molar-refractivity contribution in [3.63, 3.8) is 0 Å². The van der Waals surface area contributed by atoms with Gasteiger partial charge in [0.05, 0.1) is 27.8 Å². The lowest BCUT2D eigenvalue weighted by molar-refractivity contribution is -0.137. The van der Waals surface area contributed by atoms with Crippen molar-refractivity contribution >= 4 is 11.9 Å². The molecule has 7 heteroatoms. The van der Waals surface area contributed by atoms with Crippen LogP contribution in [0.2, 0.25) is 0 Å². The van der Waals surface area contributed by atoms with Gasteiger partial charge in [0.15, 0.2) is 11.5 Å². The molecule has 1 rings (SSSR count). The van der Waals surface area contributed by atoms with Crippen molar-refractivity contribution in [3.8, 4) is 17.2 Å². The molecule has 1 aromatic rings. The van der Waals surface area contributed by atoms with Gasteiger partial charge in [0.25, 0.3) is 0 Å². The lowest BCUT2D eigenvalue weighted by Crippen LogP contribution is -2.26. The van der Waals surface area contributed by atoms with Crippen molar-refractivity contribution in [2.45, 2.75) is 25.7 Å². The SMILES string of the molecule is COc1cc(CC(=O)NCCCCC(=O)O)cc(OC)c1OC. The lowest BCUT2D eigenvalue weighted by atomic mass is 10.1. The van der Waals surface area contributed by atoms with Crippen LogP contribution in [-0.4, -0.2) is 44.9 Å². The molecule has 0 heterocycles. The van der Waals surface area contributed by atoms with Gasteiger partial charge in [-0.1, -0.05) is 0 Å². The van der Waals surface area contributed by atoms with E-state index in [2.05, 4.69) is 5.32 Å². The molecule has 1 aromatic carbocycles. The molecule has 0 bridgehead atoms. The van der Waals surface area contributed by atoms with E-state index in [0.29, 0.717) is 36.6 Å². The van der Waals surface area contributed by atoms with Gasteiger partial charge >= 0.3 is 5.97 Å². The van der Waals surface area contributed by atoms with Gasteiger partial charge in [-0.2, -0.15) is 0 Å². The van der Waals surface area contributed by atoms with Gasteiger partial charge in [0, 0.05) is 13.0 Å². The van der Waals surface area contributed by atoms with Crippen LogP contribution in [0.3, 0.4) is 0 Å². The molecule has 0 aliphatic heterocycles. The van der Waals surface area contributed by atoms with Crippen LogP contribution in [0.4, 0.5) is 0 Å². The summed E-state index contributed by atoms with van der Waals surface area (Å²) < 4.78 is 15.7. The molecule has 0 aliphatic carbocycles. The zero-order valence-electron chi connectivity index (χ0n) is 13.7. The molecule has 1 amide bonds. The molecule has 0 spiro atoms. The van der Waals surface area contributed by atoms with E-state index < -0.39 is 5.97 Å². The second kappa shape index (κ2) is 9.55. The summed E-state index contributed by atoms with van der Waals surface area (Å²) in [6, 6.07) is 3.46. The standard InChI is InChI=1S/C16H23NO6/c1-21-12-8-11(9-13(22-2)16(12)23-3)10-14(18)17-7-5-4-6-15(19)20/h8-9H,4-7,10H2,1-3H3,(H,17,18)(H,19,20). The summed E-state index contributed by atoms with van der Waals surface area (Å²) in [6.45, 7) is 0.455. The van der Waals surface area contributed by atoms with E-state index in [-0.39, 0.29) is 18.7 Å². The maximum absolute atomic E-state index is 11.9. The monoisotopic (exact) mass is 325 g/mol. The second-order valence-corrected chi connectivity index (χ2v) is 4.91. The predicted octanol–water partition coefficient (Wildman–Crippen LogP) is 1.63. The maximum atomic E-state index is 11.9. The topological polar surface area (TPSA) is 94.1 Å². The van der Waals surface area contributed by atoms with E-state index in [4.69, 9.17) is 19.3 Å². The summed E-state index contributed by atoms with van der Waals surface area (Å²) >= 11 is 0. The molecule has 0 unspecified atom stereocenters. The predicted molar refractivity (Wildman–Crippen MR) is 84.3 cm³/mol. The third kappa shape index (κ3) is 6.06. The minimum Gasteiger partial charge on any atom is -0.493 e. The first-order chi connectivity index (χ1) is 11.0.